The third kappa shape index (κ3) is 5.67. The second-order valence-electron chi connectivity index (χ2n) is 7.50. The minimum absolute atomic E-state index is 0.110. The van der Waals surface area contributed by atoms with Crippen LogP contribution in [-0.2, 0) is 11.3 Å². The minimum Gasteiger partial charge on any atom is -0.331 e. The van der Waals surface area contributed by atoms with Gasteiger partial charge in [0.15, 0.2) is 0 Å². The van der Waals surface area contributed by atoms with Crippen LogP contribution in [0.15, 0.2) is 24.3 Å². The van der Waals surface area contributed by atoms with E-state index in [0.29, 0.717) is 12.0 Å². The summed E-state index contributed by atoms with van der Waals surface area (Å²) in [6, 6.07) is 6.79. The number of hydrogen-bond acceptors (Lipinski definition) is 6. The second kappa shape index (κ2) is 9.52. The molecule has 1 saturated heterocycles. The van der Waals surface area contributed by atoms with Gasteiger partial charge in [-0.05, 0) is 43.6 Å². The molecule has 2 fully saturated rings. The van der Waals surface area contributed by atoms with Crippen molar-refractivity contribution in [2.24, 2.45) is 11.7 Å². The summed E-state index contributed by atoms with van der Waals surface area (Å²) in [5.74, 6) is 2.44. The Morgan fingerprint density at radius 1 is 1.30 bits per heavy atom. The van der Waals surface area contributed by atoms with E-state index in [-0.39, 0.29) is 22.6 Å². The van der Waals surface area contributed by atoms with Crippen LogP contribution in [0.2, 0.25) is 0 Å². The Morgan fingerprint density at radius 3 is 2.59 bits per heavy atom. The van der Waals surface area contributed by atoms with Crippen LogP contribution >= 0.6 is 11.8 Å². The van der Waals surface area contributed by atoms with Gasteiger partial charge in [-0.3, -0.25) is 14.9 Å². The van der Waals surface area contributed by atoms with E-state index in [9.17, 15) is 14.9 Å². The van der Waals surface area contributed by atoms with E-state index in [1.54, 1.807) is 36.0 Å². The van der Waals surface area contributed by atoms with Crippen molar-refractivity contribution in [2.45, 2.75) is 50.7 Å². The molecule has 3 rings (SSSR count). The maximum Gasteiger partial charge on any atom is 0.269 e. The molecule has 1 aliphatic heterocycles. The molecule has 1 aromatic carbocycles. The fourth-order valence-electron chi connectivity index (χ4n) is 3.88. The molecule has 1 amide bonds. The van der Waals surface area contributed by atoms with Crippen LogP contribution in [-0.4, -0.2) is 46.0 Å². The lowest BCUT2D eigenvalue weighted by molar-refractivity contribution is -0.384. The summed E-state index contributed by atoms with van der Waals surface area (Å²) in [4.78, 5) is 24.5. The molecule has 2 aliphatic rings. The molecule has 1 aromatic rings. The Hall–Kier alpha value is -1.64. The number of rotatable bonds is 7. The highest BCUT2D eigenvalue weighted by Crippen LogP contribution is 2.28. The number of nitrogens with zero attached hydrogens (tertiary/aromatic N) is 2. The zero-order valence-electron chi connectivity index (χ0n) is 15.5. The molecule has 3 N–H and O–H groups in total. The smallest absolute Gasteiger partial charge is 0.269 e. The molecule has 0 aromatic heterocycles. The molecule has 1 saturated carbocycles. The largest absolute Gasteiger partial charge is 0.331 e. The minimum atomic E-state index is -0.378. The van der Waals surface area contributed by atoms with Gasteiger partial charge in [0.25, 0.3) is 5.69 Å². The monoisotopic (exact) mass is 392 g/mol. The number of carbonyl (C=O) groups excluding carboxylic acids is 1. The molecule has 7 nitrogen and oxygen atoms in total. The highest BCUT2D eigenvalue weighted by atomic mass is 32.2. The number of carbonyl (C=O) groups is 1. The van der Waals surface area contributed by atoms with E-state index >= 15 is 0 Å². The van der Waals surface area contributed by atoms with Crippen molar-refractivity contribution in [3.8, 4) is 0 Å². The summed E-state index contributed by atoms with van der Waals surface area (Å²) in [7, 11) is 0. The van der Waals surface area contributed by atoms with Gasteiger partial charge in [0.05, 0.1) is 16.8 Å². The summed E-state index contributed by atoms with van der Waals surface area (Å²) >= 11 is 1.79. The number of hydrogen-bond donors (Lipinski definition) is 2. The molecular weight excluding hydrogens is 364 g/mol. The topological polar surface area (TPSA) is 101 Å². The molecule has 8 heteroatoms. The summed E-state index contributed by atoms with van der Waals surface area (Å²) in [6.45, 7) is 1.55. The average Bonchev–Trinajstić information content (AvgIpc) is 3.22. The Kier molecular flexibility index (Phi) is 7.09. The molecule has 1 aliphatic carbocycles. The molecule has 27 heavy (non-hydrogen) atoms. The van der Waals surface area contributed by atoms with Crippen molar-refractivity contribution in [1.29, 1.82) is 0 Å². The number of amides is 1. The standard InChI is InChI=1S/C19H28N4O3S/c20-18(19(24)22-9-10-27-13-22)11-14-1-5-16(6-2-14)21-12-15-3-7-17(8-4-15)23(25)26/h3-4,7-8,14,16,18,21H,1-2,5-6,9-13,20H2/t14-,16-,18-/m0/s1. The van der Waals surface area contributed by atoms with Crippen LogP contribution in [0.25, 0.3) is 0 Å². The third-order valence-electron chi connectivity index (χ3n) is 5.56. The van der Waals surface area contributed by atoms with Crippen LogP contribution in [0.3, 0.4) is 0 Å². The van der Waals surface area contributed by atoms with E-state index in [2.05, 4.69) is 5.32 Å². The predicted molar refractivity (Wildman–Crippen MR) is 107 cm³/mol. The zero-order chi connectivity index (χ0) is 19.2. The Labute approximate surface area is 164 Å². The van der Waals surface area contributed by atoms with Crippen molar-refractivity contribution in [3.05, 3.63) is 39.9 Å². The first-order valence-corrected chi connectivity index (χ1v) is 10.8. The maximum atomic E-state index is 12.3. The van der Waals surface area contributed by atoms with E-state index in [1.807, 2.05) is 4.90 Å². The lowest BCUT2D eigenvalue weighted by atomic mass is 9.82. The van der Waals surface area contributed by atoms with Crippen molar-refractivity contribution in [1.82, 2.24) is 10.2 Å². The van der Waals surface area contributed by atoms with Gasteiger partial charge in [0.2, 0.25) is 5.91 Å². The summed E-state index contributed by atoms with van der Waals surface area (Å²) in [5.41, 5.74) is 7.34. The molecular formula is C19H28N4O3S. The molecule has 1 atom stereocenters. The molecule has 0 bridgehead atoms. The maximum absolute atomic E-state index is 12.3. The summed E-state index contributed by atoms with van der Waals surface area (Å²) in [5, 5.41) is 14.2. The van der Waals surface area contributed by atoms with Crippen molar-refractivity contribution < 1.29 is 9.72 Å². The molecule has 148 valence electrons. The molecule has 0 unspecified atom stereocenters. The van der Waals surface area contributed by atoms with Gasteiger partial charge >= 0.3 is 0 Å². The predicted octanol–water partition coefficient (Wildman–Crippen LogP) is 2.49. The number of thioether (sulfide) groups is 1. The van der Waals surface area contributed by atoms with Crippen molar-refractivity contribution in [2.75, 3.05) is 18.2 Å². The van der Waals surface area contributed by atoms with Gasteiger partial charge in [-0.2, -0.15) is 0 Å². The van der Waals surface area contributed by atoms with Crippen LogP contribution in [0.5, 0.6) is 0 Å². The molecule has 0 spiro atoms. The fraction of sp³-hybridized carbons (Fsp3) is 0.632. The summed E-state index contributed by atoms with van der Waals surface area (Å²) in [6.07, 6.45) is 5.13. The number of non-ortho nitro benzene ring substituents is 1. The first-order valence-electron chi connectivity index (χ1n) is 9.61. The number of nitrogens with one attached hydrogen (secondary N) is 1. The fourth-order valence-corrected chi connectivity index (χ4v) is 4.84. The molecule has 0 radical (unpaired) electrons. The first kappa shape index (κ1) is 20.1. The van der Waals surface area contributed by atoms with Gasteiger partial charge < -0.3 is 16.0 Å². The van der Waals surface area contributed by atoms with Crippen molar-refractivity contribution in [3.63, 3.8) is 0 Å². The highest BCUT2D eigenvalue weighted by molar-refractivity contribution is 7.99. The van der Waals surface area contributed by atoms with Crippen molar-refractivity contribution >= 4 is 23.4 Å². The number of nitro groups is 1. The zero-order valence-corrected chi connectivity index (χ0v) is 16.3. The van der Waals surface area contributed by atoms with Crippen LogP contribution in [0, 0.1) is 16.0 Å². The van der Waals surface area contributed by atoms with Gasteiger partial charge in [-0.15, -0.1) is 11.8 Å². The SMILES string of the molecule is N[C@@H](C[C@H]1CC[C@H](NCc2ccc([N+](=O)[O-])cc2)CC1)C(=O)N1CCSC1. The van der Waals surface area contributed by atoms with Gasteiger partial charge in [-0.1, -0.05) is 12.1 Å². The normalized spacial score (nSPS) is 24.0. The van der Waals surface area contributed by atoms with E-state index < -0.39 is 0 Å². The Morgan fingerprint density at radius 2 is 2.00 bits per heavy atom. The Bertz CT molecular complexity index is 641. The second-order valence-corrected chi connectivity index (χ2v) is 8.58. The van der Waals surface area contributed by atoms with Gasteiger partial charge in [-0.25, -0.2) is 0 Å². The third-order valence-corrected chi connectivity index (χ3v) is 6.52. The molecule has 1 heterocycles. The number of nitrogens with two attached hydrogens (primary N) is 1. The van der Waals surface area contributed by atoms with Gasteiger partial charge in [0, 0.05) is 37.0 Å². The van der Waals surface area contributed by atoms with E-state index in [4.69, 9.17) is 5.73 Å². The Balaban J connectivity index is 1.37. The number of benzene rings is 1. The van der Waals surface area contributed by atoms with Crippen LogP contribution < -0.4 is 11.1 Å². The first-order chi connectivity index (χ1) is 13.0. The quantitative estimate of drug-likeness (QED) is 0.546. The number of nitro benzene ring substituents is 1. The lowest BCUT2D eigenvalue weighted by Gasteiger charge is -2.31. The lowest BCUT2D eigenvalue weighted by Crippen LogP contribution is -2.44. The van der Waals surface area contributed by atoms with Crippen LogP contribution in [0.1, 0.15) is 37.7 Å². The van der Waals surface area contributed by atoms with E-state index in [1.165, 1.54) is 0 Å². The van der Waals surface area contributed by atoms with Gasteiger partial charge in [0.1, 0.15) is 0 Å². The summed E-state index contributed by atoms with van der Waals surface area (Å²) < 4.78 is 0. The average molecular weight is 393 g/mol. The van der Waals surface area contributed by atoms with Crippen LogP contribution in [0.4, 0.5) is 5.69 Å². The van der Waals surface area contributed by atoms with E-state index in [0.717, 1.165) is 62.4 Å². The highest BCUT2D eigenvalue weighted by Gasteiger charge is 2.28.